The fraction of sp³-hybridized carbons (Fsp3) is 0.480. The lowest BCUT2D eigenvalue weighted by Crippen LogP contribution is -2.59. The highest BCUT2D eigenvalue weighted by Gasteiger charge is 2.52. The van der Waals surface area contributed by atoms with E-state index in [0.29, 0.717) is 17.5 Å². The molecule has 184 valence electrons. The van der Waals surface area contributed by atoms with Crippen molar-refractivity contribution in [3.8, 4) is 5.75 Å². The first kappa shape index (κ1) is 25.6. The summed E-state index contributed by atoms with van der Waals surface area (Å²) in [4.78, 5) is 36.8. The maximum absolute atomic E-state index is 12.8. The third-order valence-corrected chi connectivity index (χ3v) is 6.20. The number of hydrogen-bond acceptors (Lipinski definition) is 7. The van der Waals surface area contributed by atoms with Gasteiger partial charge in [0.2, 0.25) is 0 Å². The largest absolute Gasteiger partial charge is 0.491 e. The van der Waals surface area contributed by atoms with Crippen molar-refractivity contribution in [1.82, 2.24) is 15.2 Å². The van der Waals surface area contributed by atoms with Crippen LogP contribution in [0.25, 0.3) is 0 Å². The molecule has 0 saturated heterocycles. The van der Waals surface area contributed by atoms with Crippen molar-refractivity contribution in [3.05, 3.63) is 63.6 Å². The average Bonchev–Trinajstić information content (AvgIpc) is 2.77. The van der Waals surface area contributed by atoms with Crippen LogP contribution < -0.4 is 26.7 Å². The molecule has 0 unspecified atom stereocenters. The zero-order chi connectivity index (χ0) is 24.7. The second kappa shape index (κ2) is 11.4. The summed E-state index contributed by atoms with van der Waals surface area (Å²) in [5.41, 5.74) is 6.72. The smallest absolute Gasteiger partial charge is 0.261 e. The van der Waals surface area contributed by atoms with Gasteiger partial charge >= 0.3 is 0 Å². The Bertz CT molecular complexity index is 1050. The molecular weight excluding hydrogens is 436 g/mol. The van der Waals surface area contributed by atoms with Crippen molar-refractivity contribution >= 4 is 12.2 Å². The highest BCUT2D eigenvalue weighted by Crippen LogP contribution is 2.55. The SMILES string of the molecule is CNC.NC1CC2(C1)CC(NC(=O)c1cc(C=O)c(=O)n(Cc3cccc(OCCO)c3)c1)C2. The minimum atomic E-state index is -0.459. The number of hydrogen-bond donors (Lipinski definition) is 4. The zero-order valence-electron chi connectivity index (χ0n) is 19.8. The number of nitrogens with zero attached hydrogens (tertiary/aromatic N) is 1. The summed E-state index contributed by atoms with van der Waals surface area (Å²) in [6.45, 7) is 0.253. The van der Waals surface area contributed by atoms with Gasteiger partial charge in [-0.2, -0.15) is 0 Å². The van der Waals surface area contributed by atoms with Gasteiger partial charge in [-0.15, -0.1) is 0 Å². The number of pyridine rings is 1. The predicted octanol–water partition coefficient (Wildman–Crippen LogP) is 0.916. The van der Waals surface area contributed by atoms with E-state index in [2.05, 4.69) is 10.6 Å². The molecule has 2 aromatic rings. The Hall–Kier alpha value is -3.01. The minimum absolute atomic E-state index is 0.0598. The van der Waals surface area contributed by atoms with Crippen LogP contribution in [-0.4, -0.2) is 61.3 Å². The van der Waals surface area contributed by atoms with Crippen LogP contribution in [0.5, 0.6) is 5.75 Å². The van der Waals surface area contributed by atoms with Gasteiger partial charge in [0.1, 0.15) is 12.4 Å². The molecular formula is C25H34N4O5. The Kier molecular flexibility index (Phi) is 8.60. The number of aliphatic hydroxyl groups is 1. The molecule has 1 heterocycles. The van der Waals surface area contributed by atoms with E-state index >= 15 is 0 Å². The lowest BCUT2D eigenvalue weighted by atomic mass is 9.52. The van der Waals surface area contributed by atoms with Crippen molar-refractivity contribution in [1.29, 1.82) is 0 Å². The molecule has 5 N–H and O–H groups in total. The molecule has 0 aliphatic heterocycles. The Morgan fingerprint density at radius 2 is 1.97 bits per heavy atom. The van der Waals surface area contributed by atoms with E-state index in [9.17, 15) is 14.4 Å². The van der Waals surface area contributed by atoms with Gasteiger partial charge < -0.3 is 30.8 Å². The van der Waals surface area contributed by atoms with Crippen LogP contribution >= 0.6 is 0 Å². The molecule has 2 aliphatic carbocycles. The fourth-order valence-corrected chi connectivity index (χ4v) is 4.82. The summed E-state index contributed by atoms with van der Waals surface area (Å²) < 4.78 is 6.76. The Morgan fingerprint density at radius 1 is 1.26 bits per heavy atom. The van der Waals surface area contributed by atoms with Gasteiger partial charge in [0.05, 0.1) is 24.3 Å². The lowest BCUT2D eigenvalue weighted by molar-refractivity contribution is -0.0159. The molecule has 0 radical (unpaired) electrons. The third-order valence-electron chi connectivity index (χ3n) is 6.20. The van der Waals surface area contributed by atoms with Crippen LogP contribution in [0.2, 0.25) is 0 Å². The number of amides is 1. The Labute approximate surface area is 199 Å². The van der Waals surface area contributed by atoms with Gasteiger partial charge in [-0.05, 0) is 69.0 Å². The molecule has 1 aromatic heterocycles. The predicted molar refractivity (Wildman–Crippen MR) is 129 cm³/mol. The lowest BCUT2D eigenvalue weighted by Gasteiger charge is -2.57. The second-order valence-corrected chi connectivity index (χ2v) is 9.20. The van der Waals surface area contributed by atoms with Crippen molar-refractivity contribution in [2.75, 3.05) is 27.3 Å². The van der Waals surface area contributed by atoms with E-state index in [1.807, 2.05) is 20.2 Å². The topological polar surface area (TPSA) is 136 Å². The van der Waals surface area contributed by atoms with Gasteiger partial charge in [0.15, 0.2) is 6.29 Å². The molecule has 34 heavy (non-hydrogen) atoms. The molecule has 0 bridgehead atoms. The maximum Gasteiger partial charge on any atom is 0.261 e. The average molecular weight is 471 g/mol. The number of ether oxygens (including phenoxy) is 1. The summed E-state index contributed by atoms with van der Waals surface area (Å²) >= 11 is 0. The minimum Gasteiger partial charge on any atom is -0.491 e. The van der Waals surface area contributed by atoms with E-state index in [-0.39, 0.29) is 48.9 Å². The quantitative estimate of drug-likeness (QED) is 0.421. The maximum atomic E-state index is 12.8. The number of carbonyl (C=O) groups excluding carboxylic acids is 2. The molecule has 0 atom stereocenters. The normalized spacial score (nSPS) is 22.6. The molecule has 2 aliphatic rings. The first-order chi connectivity index (χ1) is 16.3. The van der Waals surface area contributed by atoms with Crippen molar-refractivity contribution in [3.63, 3.8) is 0 Å². The highest BCUT2D eigenvalue weighted by molar-refractivity contribution is 5.95. The van der Waals surface area contributed by atoms with Gasteiger partial charge in [-0.3, -0.25) is 14.4 Å². The van der Waals surface area contributed by atoms with E-state index in [1.54, 1.807) is 18.2 Å². The summed E-state index contributed by atoms with van der Waals surface area (Å²) in [5.74, 6) is 0.277. The van der Waals surface area contributed by atoms with Gasteiger partial charge in [-0.1, -0.05) is 12.1 Å². The van der Waals surface area contributed by atoms with E-state index in [0.717, 1.165) is 31.2 Å². The number of nitrogens with one attached hydrogen (secondary N) is 2. The first-order valence-corrected chi connectivity index (χ1v) is 11.5. The van der Waals surface area contributed by atoms with E-state index < -0.39 is 5.56 Å². The molecule has 1 aromatic carbocycles. The van der Waals surface area contributed by atoms with Crippen molar-refractivity contribution < 1.29 is 19.4 Å². The van der Waals surface area contributed by atoms with Gasteiger partial charge in [0, 0.05) is 18.3 Å². The third kappa shape index (κ3) is 6.11. The molecule has 2 saturated carbocycles. The van der Waals surface area contributed by atoms with E-state index in [1.165, 1.54) is 16.8 Å². The molecule has 4 rings (SSSR count). The van der Waals surface area contributed by atoms with Crippen LogP contribution in [0, 0.1) is 5.41 Å². The standard InChI is InChI=1S/C23H27N3O5.C2H7N/c24-18-8-23(9-18)10-19(11-23)25-21(29)16-7-17(14-28)22(30)26(13-16)12-15-2-1-3-20(6-15)31-5-4-27;1-3-2/h1-3,6-7,13-14,18-19,27H,4-5,8-12,24H2,(H,25,29);3H,1-2H3. The second-order valence-electron chi connectivity index (χ2n) is 9.20. The van der Waals surface area contributed by atoms with Gasteiger partial charge in [-0.25, -0.2) is 0 Å². The Morgan fingerprint density at radius 3 is 2.59 bits per heavy atom. The number of nitrogens with two attached hydrogens (primary N) is 1. The molecule has 9 heteroatoms. The number of rotatable bonds is 8. The van der Waals surface area contributed by atoms with Crippen LogP contribution in [-0.2, 0) is 6.54 Å². The molecule has 2 fully saturated rings. The zero-order valence-corrected chi connectivity index (χ0v) is 19.8. The summed E-state index contributed by atoms with van der Waals surface area (Å²) in [6, 6.07) is 8.83. The summed E-state index contributed by atoms with van der Waals surface area (Å²) in [6.07, 6.45) is 5.84. The number of benzene rings is 1. The summed E-state index contributed by atoms with van der Waals surface area (Å²) in [7, 11) is 3.75. The number of aliphatic hydroxyl groups excluding tert-OH is 1. The molecule has 1 spiro atoms. The highest BCUT2D eigenvalue weighted by atomic mass is 16.5. The number of carbonyl (C=O) groups is 2. The first-order valence-electron chi connectivity index (χ1n) is 11.5. The monoisotopic (exact) mass is 470 g/mol. The van der Waals surface area contributed by atoms with E-state index in [4.69, 9.17) is 15.6 Å². The Balaban J connectivity index is 0.00000103. The van der Waals surface area contributed by atoms with Crippen molar-refractivity contribution in [2.45, 2.75) is 44.3 Å². The summed E-state index contributed by atoms with van der Waals surface area (Å²) in [5, 5.41) is 14.7. The molecule has 9 nitrogen and oxygen atoms in total. The fourth-order valence-electron chi connectivity index (χ4n) is 4.82. The van der Waals surface area contributed by atoms with Crippen molar-refractivity contribution in [2.24, 2.45) is 11.1 Å². The van der Waals surface area contributed by atoms with Gasteiger partial charge in [0.25, 0.3) is 11.5 Å². The molecule has 1 amide bonds. The van der Waals surface area contributed by atoms with Crippen LogP contribution in [0.1, 0.15) is 52.0 Å². The number of aldehydes is 1. The van der Waals surface area contributed by atoms with Crippen LogP contribution in [0.3, 0.4) is 0 Å². The number of aromatic nitrogens is 1. The van der Waals surface area contributed by atoms with Crippen LogP contribution in [0.4, 0.5) is 0 Å². The van der Waals surface area contributed by atoms with Crippen LogP contribution in [0.15, 0.2) is 41.3 Å².